The minimum absolute atomic E-state index is 0.367. The summed E-state index contributed by atoms with van der Waals surface area (Å²) < 4.78 is 1.85. The number of fused-ring (bicyclic) bond motifs is 1. The number of rotatable bonds is 4. The number of aromatic nitrogens is 1. The molecule has 29 heavy (non-hydrogen) atoms. The van der Waals surface area contributed by atoms with Gasteiger partial charge in [0.2, 0.25) is 0 Å². The van der Waals surface area contributed by atoms with Gasteiger partial charge in [-0.3, -0.25) is 19.0 Å². The van der Waals surface area contributed by atoms with Crippen LogP contribution in [-0.4, -0.2) is 27.7 Å². The van der Waals surface area contributed by atoms with Gasteiger partial charge in [0.1, 0.15) is 0 Å². The third kappa shape index (κ3) is 3.93. The molecule has 6 heteroatoms. The summed E-state index contributed by atoms with van der Waals surface area (Å²) in [5, 5.41) is 0. The Bertz CT molecular complexity index is 1120. The van der Waals surface area contributed by atoms with E-state index in [0.29, 0.717) is 23.1 Å². The van der Waals surface area contributed by atoms with Gasteiger partial charge in [-0.2, -0.15) is 0 Å². The third-order valence-corrected chi connectivity index (χ3v) is 5.63. The summed E-state index contributed by atoms with van der Waals surface area (Å²) in [7, 11) is 0. The van der Waals surface area contributed by atoms with Crippen LogP contribution >= 0.6 is 15.9 Å². The maximum atomic E-state index is 13.5. The molecule has 0 saturated heterocycles. The van der Waals surface area contributed by atoms with Crippen molar-refractivity contribution in [2.45, 2.75) is 19.0 Å². The molecule has 3 aromatic rings. The zero-order valence-corrected chi connectivity index (χ0v) is 17.2. The van der Waals surface area contributed by atoms with E-state index in [1.165, 1.54) is 22.4 Å². The van der Waals surface area contributed by atoms with E-state index in [2.05, 4.69) is 22.0 Å². The van der Waals surface area contributed by atoms with Gasteiger partial charge in [-0.1, -0.05) is 54.6 Å². The Morgan fingerprint density at radius 3 is 2.34 bits per heavy atom. The number of carbonyl (C=O) groups is 2. The Morgan fingerprint density at radius 2 is 1.59 bits per heavy atom. The van der Waals surface area contributed by atoms with E-state index in [0.717, 1.165) is 12.0 Å². The number of pyridine rings is 1. The molecule has 0 spiro atoms. The fourth-order valence-corrected chi connectivity index (χ4v) is 4.01. The van der Waals surface area contributed by atoms with Gasteiger partial charge >= 0.3 is 0 Å². The van der Waals surface area contributed by atoms with Gasteiger partial charge in [0.15, 0.2) is 11.8 Å². The molecule has 0 radical (unpaired) electrons. The molecule has 1 amide bonds. The predicted molar refractivity (Wildman–Crippen MR) is 114 cm³/mol. The zero-order valence-electron chi connectivity index (χ0n) is 15.6. The van der Waals surface area contributed by atoms with Crippen LogP contribution in [0.3, 0.4) is 0 Å². The fourth-order valence-electron chi connectivity index (χ4n) is 3.65. The molecule has 4 rings (SSSR count). The Morgan fingerprint density at radius 1 is 0.897 bits per heavy atom. The van der Waals surface area contributed by atoms with Crippen molar-refractivity contribution in [3.05, 3.63) is 104 Å². The third-order valence-electron chi connectivity index (χ3n) is 5.16. The van der Waals surface area contributed by atoms with Gasteiger partial charge in [-0.05, 0) is 39.5 Å². The second-order valence-corrected chi connectivity index (χ2v) is 7.92. The monoisotopic (exact) mass is 450 g/mol. The highest BCUT2D eigenvalue weighted by molar-refractivity contribution is 9.10. The standard InChI is InChI=1S/C23H19BrN2O3/c24-19-10-11-20(27)26(15-19)21(22(28)17-7-2-1-3-8-17)23(29)25-13-12-16-6-4-5-9-18(16)14-25/h1-11,15,21H,12-14H2. The SMILES string of the molecule is O=C(c1ccccc1)C(C(=O)N1CCc2ccccc2C1)n1cc(Br)ccc1=O. The summed E-state index contributed by atoms with van der Waals surface area (Å²) in [6, 6.07) is 18.3. The smallest absolute Gasteiger partial charge is 0.254 e. The Labute approximate surface area is 176 Å². The number of benzene rings is 2. The van der Waals surface area contributed by atoms with Crippen LogP contribution in [0.2, 0.25) is 0 Å². The number of hydrogen-bond donors (Lipinski definition) is 0. The first-order chi connectivity index (χ1) is 14.0. The number of nitrogens with zero attached hydrogens (tertiary/aromatic N) is 2. The summed E-state index contributed by atoms with van der Waals surface area (Å²) >= 11 is 3.34. The highest BCUT2D eigenvalue weighted by atomic mass is 79.9. The lowest BCUT2D eigenvalue weighted by Gasteiger charge is -2.32. The number of halogens is 1. The van der Waals surface area contributed by atoms with Crippen molar-refractivity contribution < 1.29 is 9.59 Å². The highest BCUT2D eigenvalue weighted by Gasteiger charge is 2.35. The summed E-state index contributed by atoms with van der Waals surface area (Å²) in [6.45, 7) is 0.938. The first kappa shape index (κ1) is 19.3. The molecule has 146 valence electrons. The van der Waals surface area contributed by atoms with Crippen molar-refractivity contribution in [1.29, 1.82) is 0 Å². The Balaban J connectivity index is 1.74. The van der Waals surface area contributed by atoms with Crippen LogP contribution in [0.5, 0.6) is 0 Å². The summed E-state index contributed by atoms with van der Waals surface area (Å²) in [6.07, 6.45) is 2.23. The molecule has 0 fully saturated rings. The molecule has 0 aliphatic carbocycles. The molecule has 0 N–H and O–H groups in total. The number of ketones is 1. The number of hydrogen-bond acceptors (Lipinski definition) is 3. The quantitative estimate of drug-likeness (QED) is 0.450. The van der Waals surface area contributed by atoms with E-state index in [4.69, 9.17) is 0 Å². The molecule has 1 atom stereocenters. The minimum Gasteiger partial charge on any atom is -0.336 e. The van der Waals surface area contributed by atoms with Gasteiger partial charge < -0.3 is 4.90 Å². The molecule has 1 unspecified atom stereocenters. The summed E-state index contributed by atoms with van der Waals surface area (Å²) in [4.78, 5) is 41.1. The lowest BCUT2D eigenvalue weighted by Crippen LogP contribution is -2.45. The maximum absolute atomic E-state index is 13.5. The molecule has 1 aliphatic rings. The molecule has 0 bridgehead atoms. The van der Waals surface area contributed by atoms with Crippen LogP contribution in [0.25, 0.3) is 0 Å². The first-order valence-electron chi connectivity index (χ1n) is 9.37. The van der Waals surface area contributed by atoms with Gasteiger partial charge in [0.25, 0.3) is 11.5 Å². The molecule has 1 aromatic heterocycles. The van der Waals surface area contributed by atoms with E-state index >= 15 is 0 Å². The lowest BCUT2D eigenvalue weighted by molar-refractivity contribution is -0.134. The Hall–Kier alpha value is -2.99. The van der Waals surface area contributed by atoms with E-state index in [9.17, 15) is 14.4 Å². The number of carbonyl (C=O) groups excluding carboxylic acids is 2. The van der Waals surface area contributed by atoms with Crippen molar-refractivity contribution in [3.63, 3.8) is 0 Å². The molecular weight excluding hydrogens is 432 g/mol. The van der Waals surface area contributed by atoms with Gasteiger partial charge in [0.05, 0.1) is 0 Å². The van der Waals surface area contributed by atoms with Crippen molar-refractivity contribution in [2.75, 3.05) is 6.54 Å². The molecule has 1 aliphatic heterocycles. The second-order valence-electron chi connectivity index (χ2n) is 7.00. The van der Waals surface area contributed by atoms with Gasteiger partial charge in [-0.25, -0.2) is 0 Å². The van der Waals surface area contributed by atoms with Gasteiger partial charge in [0, 0.05) is 35.4 Å². The summed E-state index contributed by atoms with van der Waals surface area (Å²) in [5.74, 6) is -0.761. The number of amides is 1. The maximum Gasteiger partial charge on any atom is 0.254 e. The normalized spacial score (nSPS) is 14.2. The minimum atomic E-state index is -1.24. The highest BCUT2D eigenvalue weighted by Crippen LogP contribution is 2.24. The van der Waals surface area contributed by atoms with E-state index in [1.54, 1.807) is 41.3 Å². The first-order valence-corrected chi connectivity index (χ1v) is 10.2. The Kier molecular flexibility index (Phi) is 5.45. The van der Waals surface area contributed by atoms with Crippen LogP contribution in [0.4, 0.5) is 0 Å². The van der Waals surface area contributed by atoms with Gasteiger partial charge in [-0.15, -0.1) is 0 Å². The molecule has 0 saturated carbocycles. The molecule has 2 heterocycles. The number of Topliss-reactive ketones (excluding diaryl/α,β-unsaturated/α-hetero) is 1. The molecule has 5 nitrogen and oxygen atoms in total. The summed E-state index contributed by atoms with van der Waals surface area (Å²) in [5.41, 5.74) is 2.28. The van der Waals surface area contributed by atoms with Crippen molar-refractivity contribution >= 4 is 27.6 Å². The van der Waals surface area contributed by atoms with E-state index in [1.807, 2.05) is 18.2 Å². The van der Waals surface area contributed by atoms with Crippen LogP contribution in [-0.2, 0) is 17.8 Å². The zero-order chi connectivity index (χ0) is 20.4. The molecular formula is C23H19BrN2O3. The molecule has 2 aromatic carbocycles. The average Bonchev–Trinajstić information content (AvgIpc) is 2.76. The topological polar surface area (TPSA) is 59.4 Å². The predicted octanol–water partition coefficient (Wildman–Crippen LogP) is 3.62. The lowest BCUT2D eigenvalue weighted by atomic mass is 9.97. The van der Waals surface area contributed by atoms with E-state index in [-0.39, 0.29) is 5.91 Å². The van der Waals surface area contributed by atoms with Crippen molar-refractivity contribution in [2.24, 2.45) is 0 Å². The second kappa shape index (κ2) is 8.17. The van der Waals surface area contributed by atoms with Crippen LogP contribution in [0.1, 0.15) is 27.5 Å². The largest absolute Gasteiger partial charge is 0.336 e. The van der Waals surface area contributed by atoms with Crippen molar-refractivity contribution in [3.8, 4) is 0 Å². The van der Waals surface area contributed by atoms with Crippen LogP contribution < -0.4 is 5.56 Å². The van der Waals surface area contributed by atoms with Crippen LogP contribution in [0, 0.1) is 0 Å². The average molecular weight is 451 g/mol. The van der Waals surface area contributed by atoms with Crippen LogP contribution in [0.15, 0.2) is 82.2 Å². The van der Waals surface area contributed by atoms with E-state index < -0.39 is 17.4 Å². The fraction of sp³-hybridized carbons (Fsp3) is 0.174. The van der Waals surface area contributed by atoms with Crippen molar-refractivity contribution in [1.82, 2.24) is 9.47 Å².